The lowest BCUT2D eigenvalue weighted by Gasteiger charge is -2.21. The number of nitrogens with zero attached hydrogens (tertiary/aromatic N) is 3. The fourth-order valence-corrected chi connectivity index (χ4v) is 3.99. The predicted octanol–water partition coefficient (Wildman–Crippen LogP) is 2.20. The Bertz CT molecular complexity index is 1270. The molecule has 10 nitrogen and oxygen atoms in total. The molecule has 4 N–H and O–H groups in total. The topological polar surface area (TPSA) is 145 Å². The fourth-order valence-electron chi connectivity index (χ4n) is 3.54. The predicted molar refractivity (Wildman–Crippen MR) is 130 cm³/mol. The van der Waals surface area contributed by atoms with E-state index in [1.807, 2.05) is 0 Å². The summed E-state index contributed by atoms with van der Waals surface area (Å²) < 4.78 is 33.4. The van der Waals surface area contributed by atoms with Crippen LogP contribution in [0, 0.1) is 5.82 Å². The smallest absolute Gasteiger partial charge is 0.274 e. The molecule has 12 heteroatoms. The Morgan fingerprint density at radius 1 is 1.20 bits per heavy atom. The Morgan fingerprint density at radius 3 is 2.69 bits per heavy atom. The summed E-state index contributed by atoms with van der Waals surface area (Å²) in [6.07, 6.45) is 2.63. The Kier molecular flexibility index (Phi) is 8.66. The number of fused-ring (bicyclic) bond motifs is 1. The number of amides is 2. The fraction of sp³-hybridized carbons (Fsp3) is 0.304. The number of aromatic hydroxyl groups is 1. The maximum absolute atomic E-state index is 13.6. The molecule has 0 saturated heterocycles. The van der Waals surface area contributed by atoms with Gasteiger partial charge in [0.15, 0.2) is 22.5 Å². The standard InChI is InChI=1S/C23H26FN5O5S/c1-25-22(31)17-12-15(24)8-7-14(17)13-27-23(32)19-20(30)18-16(6-5-9-26-18)21(28-19)29(2)10-3-4-11-35(33)34/h5-9,12,30H,3-4,10-11,13H2,1-2H3,(H,25,31)(H,27,32)(H,33,34). The van der Waals surface area contributed by atoms with Gasteiger partial charge in [-0.15, -0.1) is 0 Å². The van der Waals surface area contributed by atoms with Crippen molar-refractivity contribution in [1.29, 1.82) is 0 Å². The number of aromatic nitrogens is 2. The molecule has 1 atom stereocenters. The SMILES string of the molecule is CNC(=O)c1cc(F)ccc1CNC(=O)c1nc(N(C)CCCCS(=O)O)c2cccnc2c1O. The molecule has 0 aliphatic rings. The molecule has 0 fully saturated rings. The Balaban J connectivity index is 1.87. The van der Waals surface area contributed by atoms with Crippen LogP contribution in [0.4, 0.5) is 10.2 Å². The van der Waals surface area contributed by atoms with E-state index in [1.54, 1.807) is 24.1 Å². The van der Waals surface area contributed by atoms with Crippen molar-refractivity contribution in [3.8, 4) is 5.75 Å². The lowest BCUT2D eigenvalue weighted by atomic mass is 10.1. The van der Waals surface area contributed by atoms with Crippen molar-refractivity contribution in [3.63, 3.8) is 0 Å². The zero-order chi connectivity index (χ0) is 25.5. The highest BCUT2D eigenvalue weighted by Gasteiger charge is 2.22. The van der Waals surface area contributed by atoms with Crippen LogP contribution in [0.5, 0.6) is 5.75 Å². The van der Waals surface area contributed by atoms with Gasteiger partial charge in [-0.2, -0.15) is 0 Å². The minimum atomic E-state index is -1.86. The molecule has 2 heterocycles. The van der Waals surface area contributed by atoms with Crippen LogP contribution in [0.25, 0.3) is 10.9 Å². The van der Waals surface area contributed by atoms with Crippen LogP contribution in [0.15, 0.2) is 36.5 Å². The van der Waals surface area contributed by atoms with Gasteiger partial charge in [-0.3, -0.25) is 14.6 Å². The highest BCUT2D eigenvalue weighted by molar-refractivity contribution is 7.79. The lowest BCUT2D eigenvalue weighted by molar-refractivity contribution is 0.0934. The van der Waals surface area contributed by atoms with Gasteiger partial charge in [0, 0.05) is 50.1 Å². The molecular weight excluding hydrogens is 477 g/mol. The maximum Gasteiger partial charge on any atom is 0.274 e. The van der Waals surface area contributed by atoms with Gasteiger partial charge in [-0.1, -0.05) is 6.07 Å². The molecule has 0 aliphatic carbocycles. The van der Waals surface area contributed by atoms with E-state index in [1.165, 1.54) is 25.4 Å². The normalized spacial score (nSPS) is 11.8. The Hall–Kier alpha value is -3.64. The summed E-state index contributed by atoms with van der Waals surface area (Å²) in [5, 5.41) is 16.3. The van der Waals surface area contributed by atoms with E-state index in [2.05, 4.69) is 20.6 Å². The van der Waals surface area contributed by atoms with Crippen molar-refractivity contribution in [1.82, 2.24) is 20.6 Å². The van der Waals surface area contributed by atoms with Crippen LogP contribution in [0.3, 0.4) is 0 Å². The number of hydrogen-bond donors (Lipinski definition) is 4. The number of benzene rings is 1. The number of rotatable bonds is 10. The molecule has 0 saturated carbocycles. The Labute approximate surface area is 203 Å². The molecule has 2 amide bonds. The summed E-state index contributed by atoms with van der Waals surface area (Å²) >= 11 is -1.86. The van der Waals surface area contributed by atoms with E-state index < -0.39 is 34.5 Å². The number of nitrogens with one attached hydrogen (secondary N) is 2. The molecule has 186 valence electrons. The van der Waals surface area contributed by atoms with Gasteiger partial charge < -0.3 is 25.2 Å². The largest absolute Gasteiger partial charge is 0.504 e. The number of halogens is 1. The molecule has 0 bridgehead atoms. The summed E-state index contributed by atoms with van der Waals surface area (Å²) in [5.41, 5.74) is 0.405. The zero-order valence-electron chi connectivity index (χ0n) is 19.2. The van der Waals surface area contributed by atoms with Gasteiger partial charge in [0.25, 0.3) is 11.8 Å². The van der Waals surface area contributed by atoms with Gasteiger partial charge >= 0.3 is 0 Å². The third-order valence-corrected chi connectivity index (χ3v) is 5.97. The average molecular weight is 504 g/mol. The van der Waals surface area contributed by atoms with Crippen molar-refractivity contribution >= 4 is 39.6 Å². The summed E-state index contributed by atoms with van der Waals surface area (Å²) in [5.74, 6) is -1.61. The number of anilines is 1. The number of pyridine rings is 2. The summed E-state index contributed by atoms with van der Waals surface area (Å²) in [7, 11) is 3.18. The molecule has 1 aromatic carbocycles. The van der Waals surface area contributed by atoms with Gasteiger partial charge in [0.2, 0.25) is 0 Å². The number of hydrogen-bond acceptors (Lipinski definition) is 7. The van der Waals surface area contributed by atoms with Crippen LogP contribution in [0.1, 0.15) is 39.3 Å². The lowest BCUT2D eigenvalue weighted by Crippen LogP contribution is -2.28. The third-order valence-electron chi connectivity index (χ3n) is 5.34. The van der Waals surface area contributed by atoms with Gasteiger partial charge in [-0.05, 0) is 42.7 Å². The van der Waals surface area contributed by atoms with Crippen LogP contribution >= 0.6 is 0 Å². The Morgan fingerprint density at radius 2 is 1.97 bits per heavy atom. The van der Waals surface area contributed by atoms with E-state index in [-0.39, 0.29) is 29.1 Å². The summed E-state index contributed by atoms with van der Waals surface area (Å²) in [6, 6.07) is 7.07. The molecule has 0 spiro atoms. The van der Waals surface area contributed by atoms with Crippen LogP contribution < -0.4 is 15.5 Å². The zero-order valence-corrected chi connectivity index (χ0v) is 20.1. The quantitative estimate of drug-likeness (QED) is 0.243. The van der Waals surface area contributed by atoms with E-state index >= 15 is 0 Å². The van der Waals surface area contributed by atoms with E-state index in [9.17, 15) is 23.3 Å². The summed E-state index contributed by atoms with van der Waals surface area (Å²) in [4.78, 5) is 35.4. The first kappa shape index (κ1) is 26.0. The first-order chi connectivity index (χ1) is 16.7. The number of unbranched alkanes of at least 4 members (excludes halogenated alkanes) is 1. The highest BCUT2D eigenvalue weighted by Crippen LogP contribution is 2.32. The number of carbonyl (C=O) groups excluding carboxylic acids is 2. The first-order valence-corrected chi connectivity index (χ1v) is 12.1. The minimum absolute atomic E-state index is 0.0781. The van der Waals surface area contributed by atoms with Crippen molar-refractivity contribution in [3.05, 3.63) is 59.2 Å². The van der Waals surface area contributed by atoms with Gasteiger partial charge in [-0.25, -0.2) is 13.6 Å². The third kappa shape index (κ3) is 6.28. The molecule has 3 rings (SSSR count). The van der Waals surface area contributed by atoms with Crippen LogP contribution in [0.2, 0.25) is 0 Å². The second-order valence-electron chi connectivity index (χ2n) is 7.75. The second-order valence-corrected chi connectivity index (χ2v) is 8.80. The highest BCUT2D eigenvalue weighted by atomic mass is 32.2. The van der Waals surface area contributed by atoms with Crippen molar-refractivity contribution in [2.75, 3.05) is 31.3 Å². The van der Waals surface area contributed by atoms with E-state index in [4.69, 9.17) is 4.55 Å². The van der Waals surface area contributed by atoms with Crippen LogP contribution in [-0.4, -0.2) is 62.0 Å². The maximum atomic E-state index is 13.6. The van der Waals surface area contributed by atoms with Crippen molar-refractivity contribution in [2.24, 2.45) is 0 Å². The van der Waals surface area contributed by atoms with E-state index in [0.29, 0.717) is 36.2 Å². The van der Waals surface area contributed by atoms with Crippen LogP contribution in [-0.2, 0) is 17.6 Å². The van der Waals surface area contributed by atoms with Gasteiger partial charge in [0.1, 0.15) is 17.2 Å². The molecule has 35 heavy (non-hydrogen) atoms. The first-order valence-electron chi connectivity index (χ1n) is 10.8. The monoisotopic (exact) mass is 503 g/mol. The molecule has 0 radical (unpaired) electrons. The molecular formula is C23H26FN5O5S. The minimum Gasteiger partial charge on any atom is -0.504 e. The van der Waals surface area contributed by atoms with Crippen molar-refractivity contribution in [2.45, 2.75) is 19.4 Å². The average Bonchev–Trinajstić information content (AvgIpc) is 2.85. The second kappa shape index (κ2) is 11.7. The van der Waals surface area contributed by atoms with Crippen molar-refractivity contribution < 1.29 is 27.8 Å². The molecule has 2 aromatic heterocycles. The number of carbonyl (C=O) groups is 2. The summed E-state index contributed by atoms with van der Waals surface area (Å²) in [6.45, 7) is 0.387. The van der Waals surface area contributed by atoms with Gasteiger partial charge in [0.05, 0.1) is 0 Å². The van der Waals surface area contributed by atoms with E-state index in [0.717, 1.165) is 6.07 Å². The molecule has 0 aliphatic heterocycles. The molecule has 3 aromatic rings. The molecule has 1 unspecified atom stereocenters.